The highest BCUT2D eigenvalue weighted by atomic mass is 35.5. The number of hydrogen-bond donors (Lipinski definition) is 2. The van der Waals surface area contributed by atoms with Gasteiger partial charge in [0.25, 0.3) is 5.91 Å². The third kappa shape index (κ3) is 4.50. The van der Waals surface area contributed by atoms with Gasteiger partial charge in [-0.15, -0.1) is 0 Å². The number of nitrogens with one attached hydrogen (secondary N) is 2. The van der Waals surface area contributed by atoms with Crippen LogP contribution in [0, 0.1) is 5.82 Å². The molecule has 4 nitrogen and oxygen atoms in total. The summed E-state index contributed by atoms with van der Waals surface area (Å²) in [6.07, 6.45) is 1.43. The Bertz CT molecular complexity index is 932. The van der Waals surface area contributed by atoms with Gasteiger partial charge in [-0.2, -0.15) is 0 Å². The number of rotatable bonds is 5. The van der Waals surface area contributed by atoms with E-state index in [-0.39, 0.29) is 11.7 Å². The predicted octanol–water partition coefficient (Wildman–Crippen LogP) is 5.39. The van der Waals surface area contributed by atoms with Crippen LogP contribution in [-0.4, -0.2) is 10.9 Å². The molecule has 1 heterocycles. The Kier molecular flexibility index (Phi) is 5.71. The van der Waals surface area contributed by atoms with Crippen molar-refractivity contribution in [2.24, 2.45) is 0 Å². The zero-order valence-electron chi connectivity index (χ0n) is 13.5. The smallest absolute Gasteiger partial charge is 0.257 e. The Morgan fingerprint density at radius 3 is 2.58 bits per heavy atom. The van der Waals surface area contributed by atoms with Crippen LogP contribution in [0.3, 0.4) is 0 Å². The number of halogens is 3. The molecule has 1 amide bonds. The Morgan fingerprint density at radius 1 is 1.08 bits per heavy atom. The van der Waals surface area contributed by atoms with Gasteiger partial charge in [0.1, 0.15) is 11.6 Å². The number of nitrogens with zero attached hydrogens (tertiary/aromatic N) is 1. The van der Waals surface area contributed by atoms with Gasteiger partial charge in [-0.25, -0.2) is 9.37 Å². The van der Waals surface area contributed by atoms with Gasteiger partial charge in [-0.3, -0.25) is 4.79 Å². The average Bonchev–Trinajstić information content (AvgIpc) is 2.64. The molecule has 0 bridgehead atoms. The first-order chi connectivity index (χ1) is 12.5. The Balaban J connectivity index is 1.63. The second-order valence-corrected chi connectivity index (χ2v) is 6.30. The minimum absolute atomic E-state index is 0.282. The van der Waals surface area contributed by atoms with E-state index in [2.05, 4.69) is 15.6 Å². The first-order valence-corrected chi connectivity index (χ1v) is 8.48. The molecule has 0 fully saturated rings. The van der Waals surface area contributed by atoms with Crippen LogP contribution in [0.1, 0.15) is 15.9 Å². The molecule has 26 heavy (non-hydrogen) atoms. The van der Waals surface area contributed by atoms with Crippen molar-refractivity contribution in [2.45, 2.75) is 6.54 Å². The van der Waals surface area contributed by atoms with Crippen LogP contribution in [0.2, 0.25) is 10.0 Å². The largest absolute Gasteiger partial charge is 0.366 e. The standard InChI is InChI=1S/C19H14Cl2FN3O/c20-14-6-7-17(15(21)9-14)25-19(26)13-5-8-18(24-11-13)23-10-12-3-1-2-4-16(12)22/h1-9,11H,10H2,(H,23,24)(H,25,26). The van der Waals surface area contributed by atoms with Crippen molar-refractivity contribution in [3.8, 4) is 0 Å². The Labute approximate surface area is 160 Å². The van der Waals surface area contributed by atoms with Crippen LogP contribution >= 0.6 is 23.2 Å². The molecule has 0 aliphatic rings. The lowest BCUT2D eigenvalue weighted by atomic mass is 10.2. The lowest BCUT2D eigenvalue weighted by Gasteiger charge is -2.09. The quantitative estimate of drug-likeness (QED) is 0.614. The molecule has 2 N–H and O–H groups in total. The molecule has 0 spiro atoms. The van der Waals surface area contributed by atoms with E-state index in [1.165, 1.54) is 12.3 Å². The third-order valence-electron chi connectivity index (χ3n) is 3.62. The molecule has 0 unspecified atom stereocenters. The van der Waals surface area contributed by atoms with Gasteiger partial charge in [0.2, 0.25) is 0 Å². The van der Waals surface area contributed by atoms with Crippen LogP contribution in [0.5, 0.6) is 0 Å². The lowest BCUT2D eigenvalue weighted by molar-refractivity contribution is 0.102. The maximum atomic E-state index is 13.6. The number of amides is 1. The second kappa shape index (κ2) is 8.17. The van der Waals surface area contributed by atoms with Gasteiger partial charge in [-0.05, 0) is 36.4 Å². The van der Waals surface area contributed by atoms with Gasteiger partial charge in [0.15, 0.2) is 0 Å². The zero-order chi connectivity index (χ0) is 18.5. The van der Waals surface area contributed by atoms with E-state index < -0.39 is 0 Å². The summed E-state index contributed by atoms with van der Waals surface area (Å²) in [7, 11) is 0. The number of hydrogen-bond acceptors (Lipinski definition) is 3. The molecule has 132 valence electrons. The summed E-state index contributed by atoms with van der Waals surface area (Å²) in [6.45, 7) is 0.297. The molecule has 0 saturated carbocycles. The average molecular weight is 390 g/mol. The van der Waals surface area contributed by atoms with Crippen LogP contribution < -0.4 is 10.6 Å². The van der Waals surface area contributed by atoms with E-state index in [4.69, 9.17) is 23.2 Å². The Hall–Kier alpha value is -2.63. The van der Waals surface area contributed by atoms with Gasteiger partial charge < -0.3 is 10.6 Å². The highest BCUT2D eigenvalue weighted by Gasteiger charge is 2.10. The van der Waals surface area contributed by atoms with E-state index in [0.29, 0.717) is 39.2 Å². The molecule has 1 aromatic heterocycles. The predicted molar refractivity (Wildman–Crippen MR) is 102 cm³/mol. The monoisotopic (exact) mass is 389 g/mol. The number of pyridine rings is 1. The van der Waals surface area contributed by atoms with Crippen molar-refractivity contribution >= 4 is 40.6 Å². The first-order valence-electron chi connectivity index (χ1n) is 7.72. The maximum Gasteiger partial charge on any atom is 0.257 e. The van der Waals surface area contributed by atoms with Crippen molar-refractivity contribution in [3.05, 3.63) is 87.8 Å². The summed E-state index contributed by atoms with van der Waals surface area (Å²) >= 11 is 11.9. The van der Waals surface area contributed by atoms with E-state index >= 15 is 0 Å². The third-order valence-corrected chi connectivity index (χ3v) is 4.17. The van der Waals surface area contributed by atoms with E-state index in [1.54, 1.807) is 48.5 Å². The molecule has 0 radical (unpaired) electrons. The van der Waals surface area contributed by atoms with Crippen molar-refractivity contribution in [1.82, 2.24) is 4.98 Å². The Morgan fingerprint density at radius 2 is 1.88 bits per heavy atom. The number of benzene rings is 2. The summed E-state index contributed by atoms with van der Waals surface area (Å²) in [5.41, 5.74) is 1.36. The van der Waals surface area contributed by atoms with E-state index in [9.17, 15) is 9.18 Å². The number of carbonyl (C=O) groups is 1. The molecule has 0 aliphatic carbocycles. The van der Waals surface area contributed by atoms with Crippen LogP contribution in [0.15, 0.2) is 60.8 Å². The normalized spacial score (nSPS) is 10.4. The lowest BCUT2D eigenvalue weighted by Crippen LogP contribution is -2.13. The topological polar surface area (TPSA) is 54.0 Å². The molecule has 7 heteroatoms. The van der Waals surface area contributed by atoms with Gasteiger partial charge in [0.05, 0.1) is 16.3 Å². The number of carbonyl (C=O) groups excluding carboxylic acids is 1. The van der Waals surface area contributed by atoms with Gasteiger partial charge in [-0.1, -0.05) is 41.4 Å². The van der Waals surface area contributed by atoms with Gasteiger partial charge in [0, 0.05) is 23.3 Å². The number of aromatic nitrogens is 1. The highest BCUT2D eigenvalue weighted by Crippen LogP contribution is 2.25. The van der Waals surface area contributed by atoms with Crippen molar-refractivity contribution in [1.29, 1.82) is 0 Å². The zero-order valence-corrected chi connectivity index (χ0v) is 15.0. The summed E-state index contributed by atoms with van der Waals surface area (Å²) < 4.78 is 13.6. The maximum absolute atomic E-state index is 13.6. The number of anilines is 2. The summed E-state index contributed by atoms with van der Waals surface area (Å²) in [5, 5.41) is 6.55. The van der Waals surface area contributed by atoms with Crippen molar-refractivity contribution in [2.75, 3.05) is 10.6 Å². The first kappa shape index (κ1) is 18.2. The van der Waals surface area contributed by atoms with Gasteiger partial charge >= 0.3 is 0 Å². The van der Waals surface area contributed by atoms with E-state index in [1.807, 2.05) is 0 Å². The second-order valence-electron chi connectivity index (χ2n) is 5.46. The van der Waals surface area contributed by atoms with Crippen molar-refractivity contribution in [3.63, 3.8) is 0 Å². The molecule has 0 saturated heterocycles. The fourth-order valence-electron chi connectivity index (χ4n) is 2.25. The molecular weight excluding hydrogens is 376 g/mol. The molecule has 2 aromatic carbocycles. The molecule has 3 aromatic rings. The SMILES string of the molecule is O=C(Nc1ccc(Cl)cc1Cl)c1ccc(NCc2ccccc2F)nc1. The fourth-order valence-corrected chi connectivity index (χ4v) is 2.70. The van der Waals surface area contributed by atoms with Crippen LogP contribution in [0.4, 0.5) is 15.9 Å². The summed E-state index contributed by atoms with van der Waals surface area (Å²) in [6, 6.07) is 14.6. The minimum atomic E-state index is -0.345. The highest BCUT2D eigenvalue weighted by molar-refractivity contribution is 6.36. The van der Waals surface area contributed by atoms with E-state index in [0.717, 1.165) is 0 Å². The van der Waals surface area contributed by atoms with Crippen molar-refractivity contribution < 1.29 is 9.18 Å². The fraction of sp³-hybridized carbons (Fsp3) is 0.0526. The minimum Gasteiger partial charge on any atom is -0.366 e. The summed E-state index contributed by atoms with van der Waals surface area (Å²) in [5.74, 6) is -0.0902. The molecular formula is C19H14Cl2FN3O. The van der Waals surface area contributed by atoms with Crippen LogP contribution in [-0.2, 0) is 6.54 Å². The molecule has 0 aliphatic heterocycles. The van der Waals surface area contributed by atoms with Crippen LogP contribution in [0.25, 0.3) is 0 Å². The summed E-state index contributed by atoms with van der Waals surface area (Å²) in [4.78, 5) is 16.4. The molecule has 3 rings (SSSR count). The molecule has 0 atom stereocenters.